The van der Waals surface area contributed by atoms with Gasteiger partial charge in [-0.3, -0.25) is 4.79 Å². The molecule has 0 bridgehead atoms. The summed E-state index contributed by atoms with van der Waals surface area (Å²) < 4.78 is 5.51. The molecule has 1 atom stereocenters. The maximum absolute atomic E-state index is 11.6. The minimum atomic E-state index is -0.468. The first-order valence-corrected chi connectivity index (χ1v) is 6.31. The zero-order valence-corrected chi connectivity index (χ0v) is 11.7. The second-order valence-corrected chi connectivity index (χ2v) is 5.46. The molecule has 19 heavy (non-hydrogen) atoms. The summed E-state index contributed by atoms with van der Waals surface area (Å²) in [7, 11) is 1.91. The molecule has 1 amide bonds. The van der Waals surface area contributed by atoms with Crippen molar-refractivity contribution in [1.29, 1.82) is 0 Å². The summed E-state index contributed by atoms with van der Waals surface area (Å²) in [5, 5.41) is 12.2. The van der Waals surface area contributed by atoms with E-state index in [0.717, 1.165) is 5.69 Å². The van der Waals surface area contributed by atoms with Gasteiger partial charge in [-0.2, -0.15) is 0 Å². The first-order valence-electron chi connectivity index (χ1n) is 6.31. The van der Waals surface area contributed by atoms with Crippen molar-refractivity contribution in [3.05, 3.63) is 18.2 Å². The Bertz CT molecular complexity index is 499. The van der Waals surface area contributed by atoms with Crippen molar-refractivity contribution in [2.75, 3.05) is 23.9 Å². The Hall–Kier alpha value is -1.75. The highest BCUT2D eigenvalue weighted by Crippen LogP contribution is 2.34. The molecule has 0 saturated heterocycles. The van der Waals surface area contributed by atoms with Crippen LogP contribution < -0.4 is 15.0 Å². The number of rotatable bonds is 3. The van der Waals surface area contributed by atoms with Crippen LogP contribution in [-0.4, -0.2) is 36.3 Å². The molecule has 5 nitrogen and oxygen atoms in total. The first-order chi connectivity index (χ1) is 8.85. The van der Waals surface area contributed by atoms with Gasteiger partial charge in [-0.05, 0) is 39.0 Å². The first kappa shape index (κ1) is 13.7. The standard InChI is InChI=1S/C14H20N2O3/c1-9-13(18)15-11-7-10(5-6-12(11)19-9)16(4)14(2,3)8-17/h5-7,9,17H,8H2,1-4H3,(H,15,18). The van der Waals surface area contributed by atoms with Gasteiger partial charge in [0.1, 0.15) is 5.75 Å². The van der Waals surface area contributed by atoms with Crippen molar-refractivity contribution < 1.29 is 14.6 Å². The van der Waals surface area contributed by atoms with Gasteiger partial charge in [0.15, 0.2) is 6.10 Å². The number of hydrogen-bond donors (Lipinski definition) is 2. The zero-order chi connectivity index (χ0) is 14.2. The van der Waals surface area contributed by atoms with Crippen LogP contribution in [0.3, 0.4) is 0 Å². The smallest absolute Gasteiger partial charge is 0.265 e. The molecular formula is C14H20N2O3. The Labute approximate surface area is 113 Å². The summed E-state index contributed by atoms with van der Waals surface area (Å²) in [6, 6.07) is 5.61. The van der Waals surface area contributed by atoms with Gasteiger partial charge in [0.25, 0.3) is 5.91 Å². The number of hydrogen-bond acceptors (Lipinski definition) is 4. The van der Waals surface area contributed by atoms with Crippen molar-refractivity contribution in [3.63, 3.8) is 0 Å². The third-order valence-corrected chi connectivity index (χ3v) is 3.58. The fraction of sp³-hybridized carbons (Fsp3) is 0.500. The lowest BCUT2D eigenvalue weighted by Gasteiger charge is -2.36. The normalized spacial score (nSPS) is 18.4. The number of aliphatic hydroxyl groups is 1. The average Bonchev–Trinajstić information content (AvgIpc) is 2.38. The zero-order valence-electron chi connectivity index (χ0n) is 11.7. The van der Waals surface area contributed by atoms with E-state index < -0.39 is 6.10 Å². The van der Waals surface area contributed by atoms with Crippen LogP contribution in [0.5, 0.6) is 5.75 Å². The molecule has 1 unspecified atom stereocenters. The molecule has 0 radical (unpaired) electrons. The Balaban J connectivity index is 2.32. The summed E-state index contributed by atoms with van der Waals surface area (Å²) in [5.41, 5.74) is 1.21. The number of anilines is 2. The molecule has 0 saturated carbocycles. The van der Waals surface area contributed by atoms with Crippen LogP contribution in [0.1, 0.15) is 20.8 Å². The second-order valence-electron chi connectivity index (χ2n) is 5.46. The van der Waals surface area contributed by atoms with E-state index in [1.165, 1.54) is 0 Å². The van der Waals surface area contributed by atoms with Gasteiger partial charge in [0.05, 0.1) is 17.8 Å². The van der Waals surface area contributed by atoms with E-state index in [-0.39, 0.29) is 18.1 Å². The van der Waals surface area contributed by atoms with Crippen LogP contribution in [0.2, 0.25) is 0 Å². The van der Waals surface area contributed by atoms with Gasteiger partial charge in [0, 0.05) is 12.7 Å². The number of carbonyl (C=O) groups is 1. The summed E-state index contributed by atoms with van der Waals surface area (Å²) in [6.07, 6.45) is -0.468. The summed E-state index contributed by atoms with van der Waals surface area (Å²) in [5.74, 6) is 0.528. The lowest BCUT2D eigenvalue weighted by atomic mass is 10.0. The summed E-state index contributed by atoms with van der Waals surface area (Å²) in [4.78, 5) is 13.6. The van der Waals surface area contributed by atoms with Gasteiger partial charge in [-0.25, -0.2) is 0 Å². The molecule has 104 valence electrons. The number of nitrogens with one attached hydrogen (secondary N) is 1. The Morgan fingerprint density at radius 1 is 1.47 bits per heavy atom. The quantitative estimate of drug-likeness (QED) is 0.870. The number of carbonyl (C=O) groups excluding carboxylic acids is 1. The molecule has 2 rings (SSSR count). The molecular weight excluding hydrogens is 244 g/mol. The highest BCUT2D eigenvalue weighted by Gasteiger charge is 2.26. The van der Waals surface area contributed by atoms with Crippen LogP contribution in [0.4, 0.5) is 11.4 Å². The molecule has 2 N–H and O–H groups in total. The average molecular weight is 264 g/mol. The van der Waals surface area contributed by atoms with E-state index in [2.05, 4.69) is 5.32 Å². The number of fused-ring (bicyclic) bond motifs is 1. The minimum absolute atomic E-state index is 0.0421. The van der Waals surface area contributed by atoms with E-state index in [1.807, 2.05) is 44.0 Å². The number of nitrogens with zero attached hydrogens (tertiary/aromatic N) is 1. The fourth-order valence-electron chi connectivity index (χ4n) is 1.86. The molecule has 1 aromatic carbocycles. The van der Waals surface area contributed by atoms with E-state index in [1.54, 1.807) is 6.92 Å². The molecule has 0 aromatic heterocycles. The lowest BCUT2D eigenvalue weighted by Crippen LogP contribution is -2.44. The van der Waals surface area contributed by atoms with Gasteiger partial charge >= 0.3 is 0 Å². The van der Waals surface area contributed by atoms with Crippen molar-refractivity contribution in [3.8, 4) is 5.75 Å². The van der Waals surface area contributed by atoms with Gasteiger partial charge < -0.3 is 20.1 Å². The van der Waals surface area contributed by atoms with Crippen LogP contribution in [0.25, 0.3) is 0 Å². The second kappa shape index (κ2) is 4.74. The molecule has 1 aliphatic heterocycles. The molecule has 0 fully saturated rings. The van der Waals surface area contributed by atoms with E-state index >= 15 is 0 Å². The number of amides is 1. The largest absolute Gasteiger partial charge is 0.479 e. The van der Waals surface area contributed by atoms with Crippen LogP contribution >= 0.6 is 0 Å². The van der Waals surface area contributed by atoms with E-state index in [9.17, 15) is 9.90 Å². The Morgan fingerprint density at radius 3 is 2.79 bits per heavy atom. The topological polar surface area (TPSA) is 61.8 Å². The Kier molecular flexibility index (Phi) is 3.41. The molecule has 1 aromatic rings. The summed E-state index contributed by atoms with van der Waals surface area (Å²) in [6.45, 7) is 5.65. The maximum atomic E-state index is 11.6. The Morgan fingerprint density at radius 2 is 2.16 bits per heavy atom. The highest BCUT2D eigenvalue weighted by atomic mass is 16.5. The third kappa shape index (κ3) is 2.51. The third-order valence-electron chi connectivity index (χ3n) is 3.58. The number of aliphatic hydroxyl groups excluding tert-OH is 1. The van der Waals surface area contributed by atoms with Crippen molar-refractivity contribution in [1.82, 2.24) is 0 Å². The van der Waals surface area contributed by atoms with Crippen molar-refractivity contribution >= 4 is 17.3 Å². The minimum Gasteiger partial charge on any atom is -0.479 e. The molecule has 0 spiro atoms. The number of likely N-dealkylation sites (N-methyl/N-ethyl adjacent to an activating group) is 1. The molecule has 1 heterocycles. The van der Waals surface area contributed by atoms with Gasteiger partial charge in [0.2, 0.25) is 0 Å². The van der Waals surface area contributed by atoms with Crippen molar-refractivity contribution in [2.45, 2.75) is 32.4 Å². The van der Waals surface area contributed by atoms with Crippen molar-refractivity contribution in [2.24, 2.45) is 0 Å². The van der Waals surface area contributed by atoms with E-state index in [0.29, 0.717) is 11.4 Å². The van der Waals surface area contributed by atoms with Gasteiger partial charge in [-0.15, -0.1) is 0 Å². The van der Waals surface area contributed by atoms with Gasteiger partial charge in [-0.1, -0.05) is 0 Å². The fourth-order valence-corrected chi connectivity index (χ4v) is 1.86. The van der Waals surface area contributed by atoms with E-state index in [4.69, 9.17) is 4.74 Å². The molecule has 0 aliphatic carbocycles. The predicted octanol–water partition coefficient (Wildman–Crippen LogP) is 1.61. The van der Waals surface area contributed by atoms with Crippen LogP contribution in [0, 0.1) is 0 Å². The number of benzene rings is 1. The SMILES string of the molecule is CC1Oc2ccc(N(C)C(C)(C)CO)cc2NC1=O. The van der Waals surface area contributed by atoms with Crippen LogP contribution in [0.15, 0.2) is 18.2 Å². The highest BCUT2D eigenvalue weighted by molar-refractivity contribution is 5.98. The number of ether oxygens (including phenoxy) is 1. The predicted molar refractivity (Wildman–Crippen MR) is 74.7 cm³/mol. The van der Waals surface area contributed by atoms with Crippen LogP contribution in [-0.2, 0) is 4.79 Å². The molecule has 5 heteroatoms. The monoisotopic (exact) mass is 264 g/mol. The summed E-state index contributed by atoms with van der Waals surface area (Å²) >= 11 is 0. The lowest BCUT2D eigenvalue weighted by molar-refractivity contribution is -0.122. The molecule has 1 aliphatic rings. The maximum Gasteiger partial charge on any atom is 0.265 e.